The Kier molecular flexibility index (Phi) is 6.18. The summed E-state index contributed by atoms with van der Waals surface area (Å²) in [5.74, 6) is 1.83. The molecule has 120 valence electrons. The second-order valence-corrected chi connectivity index (χ2v) is 6.60. The van der Waals surface area contributed by atoms with E-state index in [4.69, 9.17) is 0 Å². The van der Waals surface area contributed by atoms with Crippen LogP contribution in [0.15, 0.2) is 6.33 Å². The van der Waals surface area contributed by atoms with Crippen LogP contribution in [0.4, 0.5) is 0 Å². The first kappa shape index (κ1) is 16.4. The Hall–Kier alpha value is -0.940. The Morgan fingerprint density at radius 2 is 2.19 bits per heavy atom. The number of aromatic nitrogens is 3. The predicted molar refractivity (Wildman–Crippen MR) is 86.0 cm³/mol. The molecule has 2 unspecified atom stereocenters. The molecule has 5 heteroatoms. The Morgan fingerprint density at radius 1 is 1.38 bits per heavy atom. The molecule has 0 radical (unpaired) electrons. The van der Waals surface area contributed by atoms with Gasteiger partial charge in [-0.15, -0.1) is 0 Å². The maximum atomic E-state index is 4.46. The van der Waals surface area contributed by atoms with E-state index in [1.807, 2.05) is 4.68 Å². The van der Waals surface area contributed by atoms with E-state index in [1.165, 1.54) is 19.3 Å². The zero-order chi connectivity index (χ0) is 15.2. The maximum absolute atomic E-state index is 4.46. The van der Waals surface area contributed by atoms with Crippen molar-refractivity contribution in [3.8, 4) is 0 Å². The van der Waals surface area contributed by atoms with Gasteiger partial charge in [0.05, 0.1) is 6.54 Å². The molecule has 21 heavy (non-hydrogen) atoms. The van der Waals surface area contributed by atoms with Crippen LogP contribution in [0.25, 0.3) is 0 Å². The van der Waals surface area contributed by atoms with Gasteiger partial charge in [-0.25, -0.2) is 9.67 Å². The third-order valence-electron chi connectivity index (χ3n) is 4.33. The SMILES string of the molecule is CCCC1CN(Cc2ncnn2CC)C(CC(C)C)CN1. The molecule has 0 spiro atoms. The van der Waals surface area contributed by atoms with Crippen molar-refractivity contribution in [3.05, 3.63) is 12.2 Å². The molecule has 1 aliphatic rings. The minimum atomic E-state index is 0.611. The first-order valence-electron chi connectivity index (χ1n) is 8.48. The van der Waals surface area contributed by atoms with Crippen molar-refractivity contribution in [2.45, 2.75) is 72.1 Å². The topological polar surface area (TPSA) is 46.0 Å². The van der Waals surface area contributed by atoms with E-state index in [9.17, 15) is 0 Å². The number of nitrogens with one attached hydrogen (secondary N) is 1. The van der Waals surface area contributed by atoms with Crippen molar-refractivity contribution in [1.29, 1.82) is 0 Å². The third-order valence-corrected chi connectivity index (χ3v) is 4.33. The van der Waals surface area contributed by atoms with Gasteiger partial charge in [-0.1, -0.05) is 27.2 Å². The quantitative estimate of drug-likeness (QED) is 0.838. The largest absolute Gasteiger partial charge is 0.311 e. The molecule has 1 aliphatic heterocycles. The van der Waals surface area contributed by atoms with Crippen molar-refractivity contribution in [1.82, 2.24) is 25.0 Å². The van der Waals surface area contributed by atoms with Crippen molar-refractivity contribution in [2.24, 2.45) is 5.92 Å². The number of hydrogen-bond donors (Lipinski definition) is 1. The molecule has 0 bridgehead atoms. The van der Waals surface area contributed by atoms with Crippen LogP contribution in [-0.4, -0.2) is 44.8 Å². The average molecular weight is 293 g/mol. The molecule has 1 aromatic rings. The highest BCUT2D eigenvalue weighted by molar-refractivity contribution is 4.92. The molecule has 0 saturated carbocycles. The zero-order valence-corrected chi connectivity index (χ0v) is 14.0. The minimum absolute atomic E-state index is 0.611. The molecule has 1 fully saturated rings. The summed E-state index contributed by atoms with van der Waals surface area (Å²) in [6.07, 6.45) is 5.42. The number of rotatable bonds is 7. The molecule has 0 aliphatic carbocycles. The van der Waals surface area contributed by atoms with Crippen molar-refractivity contribution >= 4 is 0 Å². The Labute approximate surface area is 129 Å². The molecule has 2 rings (SSSR count). The molecule has 1 N–H and O–H groups in total. The maximum Gasteiger partial charge on any atom is 0.141 e. The van der Waals surface area contributed by atoms with Crippen LogP contribution in [-0.2, 0) is 13.1 Å². The number of piperazine rings is 1. The number of aryl methyl sites for hydroxylation is 1. The van der Waals surface area contributed by atoms with Crippen LogP contribution < -0.4 is 5.32 Å². The van der Waals surface area contributed by atoms with Gasteiger partial charge in [-0.2, -0.15) is 5.10 Å². The molecule has 5 nitrogen and oxygen atoms in total. The summed E-state index contributed by atoms with van der Waals surface area (Å²) in [7, 11) is 0. The lowest BCUT2D eigenvalue weighted by molar-refractivity contribution is 0.0992. The Morgan fingerprint density at radius 3 is 2.86 bits per heavy atom. The van der Waals surface area contributed by atoms with Crippen molar-refractivity contribution in [3.63, 3.8) is 0 Å². The van der Waals surface area contributed by atoms with Crippen LogP contribution in [0.3, 0.4) is 0 Å². The van der Waals surface area contributed by atoms with Crippen LogP contribution in [0, 0.1) is 5.92 Å². The van der Waals surface area contributed by atoms with Gasteiger partial charge in [0.25, 0.3) is 0 Å². The molecule has 0 aromatic carbocycles. The number of hydrogen-bond acceptors (Lipinski definition) is 4. The summed E-state index contributed by atoms with van der Waals surface area (Å²) in [5.41, 5.74) is 0. The lowest BCUT2D eigenvalue weighted by atomic mass is 9.97. The minimum Gasteiger partial charge on any atom is -0.311 e. The normalized spacial score (nSPS) is 23.9. The molecule has 2 heterocycles. The van der Waals surface area contributed by atoms with E-state index in [2.05, 4.69) is 48.0 Å². The van der Waals surface area contributed by atoms with E-state index in [-0.39, 0.29) is 0 Å². The monoisotopic (exact) mass is 293 g/mol. The highest BCUT2D eigenvalue weighted by atomic mass is 15.4. The summed E-state index contributed by atoms with van der Waals surface area (Å²) >= 11 is 0. The summed E-state index contributed by atoms with van der Waals surface area (Å²) in [6.45, 7) is 13.1. The fraction of sp³-hybridized carbons (Fsp3) is 0.875. The van der Waals surface area contributed by atoms with Gasteiger partial charge >= 0.3 is 0 Å². The highest BCUT2D eigenvalue weighted by Gasteiger charge is 2.28. The van der Waals surface area contributed by atoms with E-state index in [0.717, 1.165) is 37.9 Å². The smallest absolute Gasteiger partial charge is 0.141 e. The van der Waals surface area contributed by atoms with Gasteiger partial charge < -0.3 is 5.32 Å². The van der Waals surface area contributed by atoms with Crippen molar-refractivity contribution < 1.29 is 0 Å². The van der Waals surface area contributed by atoms with E-state index >= 15 is 0 Å². The van der Waals surface area contributed by atoms with Crippen LogP contribution in [0.2, 0.25) is 0 Å². The zero-order valence-electron chi connectivity index (χ0n) is 14.0. The lowest BCUT2D eigenvalue weighted by Crippen LogP contribution is -2.56. The summed E-state index contributed by atoms with van der Waals surface area (Å²) in [4.78, 5) is 7.07. The van der Waals surface area contributed by atoms with Crippen LogP contribution in [0.1, 0.15) is 52.8 Å². The fourth-order valence-corrected chi connectivity index (χ4v) is 3.30. The molecular weight excluding hydrogens is 262 g/mol. The van der Waals surface area contributed by atoms with Gasteiger partial charge in [0.2, 0.25) is 0 Å². The second kappa shape index (κ2) is 7.90. The highest BCUT2D eigenvalue weighted by Crippen LogP contribution is 2.19. The second-order valence-electron chi connectivity index (χ2n) is 6.60. The predicted octanol–water partition coefficient (Wildman–Crippen LogP) is 2.29. The van der Waals surface area contributed by atoms with Gasteiger partial charge in [-0.3, -0.25) is 4.90 Å². The third kappa shape index (κ3) is 4.51. The van der Waals surface area contributed by atoms with Crippen LogP contribution >= 0.6 is 0 Å². The lowest BCUT2D eigenvalue weighted by Gasteiger charge is -2.41. The molecule has 0 amide bonds. The fourth-order valence-electron chi connectivity index (χ4n) is 3.30. The van der Waals surface area contributed by atoms with E-state index in [0.29, 0.717) is 12.1 Å². The molecule has 1 saturated heterocycles. The van der Waals surface area contributed by atoms with E-state index < -0.39 is 0 Å². The van der Waals surface area contributed by atoms with Gasteiger partial charge in [0, 0.05) is 31.7 Å². The Balaban J connectivity index is 2.05. The molecule has 2 atom stereocenters. The summed E-state index contributed by atoms with van der Waals surface area (Å²) in [6, 6.07) is 1.23. The summed E-state index contributed by atoms with van der Waals surface area (Å²) < 4.78 is 2.02. The molecule has 1 aromatic heterocycles. The standard InChI is InChI=1S/C16H31N5/c1-5-7-14-10-20(15(9-17-14)8-13(3)4)11-16-18-12-19-21(16)6-2/h12-15,17H,5-11H2,1-4H3. The first-order valence-corrected chi connectivity index (χ1v) is 8.48. The van der Waals surface area contributed by atoms with Gasteiger partial charge in [0.1, 0.15) is 12.2 Å². The van der Waals surface area contributed by atoms with Gasteiger partial charge in [-0.05, 0) is 25.7 Å². The Bertz CT molecular complexity index is 415. The average Bonchev–Trinajstić information content (AvgIpc) is 2.89. The van der Waals surface area contributed by atoms with Gasteiger partial charge in [0.15, 0.2) is 0 Å². The number of nitrogens with zero attached hydrogens (tertiary/aromatic N) is 4. The summed E-state index contributed by atoms with van der Waals surface area (Å²) in [5, 5.41) is 8.03. The first-order chi connectivity index (χ1) is 10.1. The molecular formula is C16H31N5. The van der Waals surface area contributed by atoms with Crippen molar-refractivity contribution in [2.75, 3.05) is 13.1 Å². The van der Waals surface area contributed by atoms with E-state index in [1.54, 1.807) is 6.33 Å². The van der Waals surface area contributed by atoms with Crippen LogP contribution in [0.5, 0.6) is 0 Å².